The van der Waals surface area contributed by atoms with E-state index in [1.807, 2.05) is 24.3 Å². The average Bonchev–Trinajstić information content (AvgIpc) is 3.47. The Kier molecular flexibility index (Phi) is 2.67. The molecule has 0 bridgehead atoms. The molecular formula is C20H8F2N4S2. The third-order valence-electron chi connectivity index (χ3n) is 5.84. The summed E-state index contributed by atoms with van der Waals surface area (Å²) in [5.41, 5.74) is 7.42. The van der Waals surface area contributed by atoms with Crippen LogP contribution in [-0.4, -0.2) is 17.5 Å². The largest absolute Gasteiger partial charge is 0.206 e. The molecule has 2 aliphatic carbocycles. The smallest absolute Gasteiger partial charge is 0.135 e. The Morgan fingerprint density at radius 1 is 0.607 bits per heavy atom. The van der Waals surface area contributed by atoms with Crippen LogP contribution in [-0.2, 0) is 12.8 Å². The molecule has 8 heteroatoms. The maximum Gasteiger partial charge on any atom is 0.135 e. The Morgan fingerprint density at radius 3 is 1.54 bits per heavy atom. The summed E-state index contributed by atoms with van der Waals surface area (Å²) in [5.74, 6) is -0.698. The minimum atomic E-state index is -0.349. The maximum atomic E-state index is 15.8. The Hall–Kier alpha value is -2.84. The summed E-state index contributed by atoms with van der Waals surface area (Å²) in [4.78, 5) is 0. The molecule has 5 aromatic rings. The highest BCUT2D eigenvalue weighted by molar-refractivity contribution is 7.00. The third-order valence-corrected chi connectivity index (χ3v) is 6.92. The molecule has 3 aromatic carbocycles. The second-order valence-electron chi connectivity index (χ2n) is 7.15. The fourth-order valence-corrected chi connectivity index (χ4v) is 5.74. The highest BCUT2D eigenvalue weighted by atomic mass is 32.1. The quantitative estimate of drug-likeness (QED) is 0.351. The van der Waals surface area contributed by atoms with Crippen molar-refractivity contribution in [1.82, 2.24) is 17.5 Å². The first-order valence-corrected chi connectivity index (χ1v) is 10.2. The van der Waals surface area contributed by atoms with E-state index in [1.54, 1.807) is 0 Å². The van der Waals surface area contributed by atoms with Crippen LogP contribution in [0.2, 0.25) is 0 Å². The second-order valence-corrected chi connectivity index (χ2v) is 8.21. The summed E-state index contributed by atoms with van der Waals surface area (Å²) in [7, 11) is 0. The Labute approximate surface area is 165 Å². The number of nitrogens with zero attached hydrogens (tertiary/aromatic N) is 4. The van der Waals surface area contributed by atoms with Gasteiger partial charge in [-0.3, -0.25) is 0 Å². The van der Waals surface area contributed by atoms with Gasteiger partial charge in [-0.2, -0.15) is 17.5 Å². The lowest BCUT2D eigenvalue weighted by molar-refractivity contribution is 0.591. The molecule has 7 rings (SSSR count). The average molecular weight is 406 g/mol. The van der Waals surface area contributed by atoms with Crippen molar-refractivity contribution in [3.8, 4) is 22.3 Å². The van der Waals surface area contributed by atoms with Crippen LogP contribution in [0.5, 0.6) is 0 Å². The van der Waals surface area contributed by atoms with Gasteiger partial charge in [-0.1, -0.05) is 12.1 Å². The van der Waals surface area contributed by atoms with Crippen LogP contribution >= 0.6 is 23.5 Å². The van der Waals surface area contributed by atoms with E-state index in [9.17, 15) is 0 Å². The zero-order valence-corrected chi connectivity index (χ0v) is 15.7. The minimum Gasteiger partial charge on any atom is -0.206 e. The van der Waals surface area contributed by atoms with Crippen LogP contribution < -0.4 is 0 Å². The van der Waals surface area contributed by atoms with Gasteiger partial charge in [0, 0.05) is 46.2 Å². The molecule has 0 unspecified atom stereocenters. The molecule has 0 N–H and O–H groups in total. The van der Waals surface area contributed by atoms with E-state index in [4.69, 9.17) is 0 Å². The van der Waals surface area contributed by atoms with Gasteiger partial charge < -0.3 is 0 Å². The van der Waals surface area contributed by atoms with E-state index in [2.05, 4.69) is 17.5 Å². The fourth-order valence-electron chi connectivity index (χ4n) is 4.66. The molecule has 0 amide bonds. The van der Waals surface area contributed by atoms with Crippen LogP contribution in [0, 0.1) is 11.6 Å². The zero-order chi connectivity index (χ0) is 18.6. The normalized spacial score (nSPS) is 13.8. The maximum absolute atomic E-state index is 15.8. The van der Waals surface area contributed by atoms with Crippen molar-refractivity contribution in [2.45, 2.75) is 12.8 Å². The van der Waals surface area contributed by atoms with Gasteiger partial charge in [0.2, 0.25) is 0 Å². The molecule has 28 heavy (non-hydrogen) atoms. The summed E-state index contributed by atoms with van der Waals surface area (Å²) < 4.78 is 48.8. The molecule has 0 radical (unpaired) electrons. The number of hydrogen-bond acceptors (Lipinski definition) is 6. The standard InChI is InChI=1S/C20H8F2N4S2/c21-17-9-5-7-1-3-11-19(25-27-23-11)13(7)15(9)18(22)10-6-8-2-4-12-20(26-28-24-12)14(8)16(10)17/h1-4H,5-6H2. The number of fused-ring (bicyclic) bond motifs is 10. The summed E-state index contributed by atoms with van der Waals surface area (Å²) in [6.45, 7) is 0. The molecule has 0 saturated heterocycles. The Balaban J connectivity index is 1.61. The lowest BCUT2D eigenvalue weighted by atomic mass is 9.95. The molecule has 2 heterocycles. The van der Waals surface area contributed by atoms with E-state index in [0.29, 0.717) is 57.3 Å². The fraction of sp³-hybridized carbons (Fsp3) is 0.100. The monoisotopic (exact) mass is 406 g/mol. The molecule has 0 spiro atoms. The van der Waals surface area contributed by atoms with Crippen molar-refractivity contribution in [1.29, 1.82) is 0 Å². The van der Waals surface area contributed by atoms with Gasteiger partial charge in [0.1, 0.15) is 33.7 Å². The van der Waals surface area contributed by atoms with Gasteiger partial charge in [0.15, 0.2) is 0 Å². The van der Waals surface area contributed by atoms with E-state index < -0.39 is 0 Å². The Bertz CT molecular complexity index is 1390. The van der Waals surface area contributed by atoms with Gasteiger partial charge in [-0.15, -0.1) is 0 Å². The van der Waals surface area contributed by atoms with Gasteiger partial charge >= 0.3 is 0 Å². The number of hydrogen-bond donors (Lipinski definition) is 0. The molecule has 4 nitrogen and oxygen atoms in total. The highest BCUT2D eigenvalue weighted by Gasteiger charge is 2.37. The van der Waals surface area contributed by atoms with E-state index in [-0.39, 0.29) is 11.6 Å². The molecule has 2 aromatic heterocycles. The van der Waals surface area contributed by atoms with Crippen LogP contribution in [0.1, 0.15) is 22.3 Å². The third kappa shape index (κ3) is 1.64. The topological polar surface area (TPSA) is 51.6 Å². The minimum absolute atomic E-state index is 0.349. The summed E-state index contributed by atoms with van der Waals surface area (Å²) in [6, 6.07) is 7.54. The molecule has 0 aliphatic heterocycles. The summed E-state index contributed by atoms with van der Waals surface area (Å²) >= 11 is 2.18. The predicted octanol–water partition coefficient (Wildman–Crippen LogP) is 5.12. The van der Waals surface area contributed by atoms with Crippen molar-refractivity contribution in [2.24, 2.45) is 0 Å². The first-order chi connectivity index (χ1) is 13.7. The van der Waals surface area contributed by atoms with E-state index in [0.717, 1.165) is 45.6 Å². The highest BCUT2D eigenvalue weighted by Crippen LogP contribution is 2.51. The molecule has 0 fully saturated rings. The van der Waals surface area contributed by atoms with Gasteiger partial charge in [0.25, 0.3) is 0 Å². The molecule has 2 aliphatic rings. The van der Waals surface area contributed by atoms with Crippen LogP contribution in [0.4, 0.5) is 8.78 Å². The van der Waals surface area contributed by atoms with Crippen molar-refractivity contribution in [3.05, 3.63) is 58.2 Å². The van der Waals surface area contributed by atoms with Crippen molar-refractivity contribution < 1.29 is 8.78 Å². The lowest BCUT2D eigenvalue weighted by Gasteiger charge is -2.11. The predicted molar refractivity (Wildman–Crippen MR) is 105 cm³/mol. The van der Waals surface area contributed by atoms with Crippen LogP contribution in [0.15, 0.2) is 24.3 Å². The number of halogens is 2. The zero-order valence-electron chi connectivity index (χ0n) is 14.1. The molecule has 0 atom stereocenters. The van der Waals surface area contributed by atoms with Gasteiger partial charge in [-0.25, -0.2) is 8.78 Å². The van der Waals surface area contributed by atoms with E-state index >= 15 is 8.78 Å². The Morgan fingerprint density at radius 2 is 1.07 bits per heavy atom. The number of aromatic nitrogens is 4. The lowest BCUT2D eigenvalue weighted by Crippen LogP contribution is -1.99. The molecular weight excluding hydrogens is 398 g/mol. The first kappa shape index (κ1) is 15.1. The van der Waals surface area contributed by atoms with Gasteiger partial charge in [0.05, 0.1) is 23.5 Å². The van der Waals surface area contributed by atoms with E-state index in [1.165, 1.54) is 0 Å². The second kappa shape index (κ2) is 4.95. The van der Waals surface area contributed by atoms with Gasteiger partial charge in [-0.05, 0) is 23.3 Å². The molecule has 134 valence electrons. The van der Waals surface area contributed by atoms with Crippen molar-refractivity contribution in [3.63, 3.8) is 0 Å². The molecule has 0 saturated carbocycles. The number of benzene rings is 3. The van der Waals surface area contributed by atoms with Crippen molar-refractivity contribution >= 4 is 45.5 Å². The van der Waals surface area contributed by atoms with Crippen LogP contribution in [0.25, 0.3) is 44.3 Å². The summed E-state index contributed by atoms with van der Waals surface area (Å²) in [6.07, 6.45) is 0.712. The van der Waals surface area contributed by atoms with Crippen molar-refractivity contribution in [2.75, 3.05) is 0 Å². The SMILES string of the molecule is Fc1c2c(c(F)c3c1-c1c(ccc4nsnc14)C3)-c1c(ccc3nsnc13)C2. The first-order valence-electron chi connectivity index (χ1n) is 8.74. The van der Waals surface area contributed by atoms with Crippen LogP contribution in [0.3, 0.4) is 0 Å². The number of rotatable bonds is 0. The summed E-state index contributed by atoms with van der Waals surface area (Å²) in [5, 5.41) is 0.